The first-order chi connectivity index (χ1) is 12.8. The number of para-hydroxylation sites is 2. The number of carbonyl (C=O) groups is 1. The van der Waals surface area contributed by atoms with Crippen LogP contribution in [0.25, 0.3) is 11.0 Å². The number of fused-ring (bicyclic) bond motifs is 1. The van der Waals surface area contributed by atoms with Crippen LogP contribution in [-0.4, -0.2) is 22.1 Å². The number of halogens is 5. The van der Waals surface area contributed by atoms with Gasteiger partial charge in [0, 0.05) is 10.6 Å². The first-order valence-electron chi connectivity index (χ1n) is 7.38. The molecule has 3 rings (SSSR count). The number of hydrogen-bond donors (Lipinski definition) is 1. The smallest absolute Gasteiger partial charge is 0.265 e. The van der Waals surface area contributed by atoms with Crippen molar-refractivity contribution in [2.45, 2.75) is 6.18 Å². The van der Waals surface area contributed by atoms with Crippen molar-refractivity contribution in [2.24, 2.45) is 5.10 Å². The fourth-order valence-electron chi connectivity index (χ4n) is 2.18. The van der Waals surface area contributed by atoms with Crippen molar-refractivity contribution in [3.8, 4) is 0 Å². The Labute approximate surface area is 160 Å². The van der Waals surface area contributed by atoms with Gasteiger partial charge < -0.3 is 0 Å². The highest BCUT2D eigenvalue weighted by Gasteiger charge is 2.38. The summed E-state index contributed by atoms with van der Waals surface area (Å²) in [6.45, 7) is 0. The second kappa shape index (κ2) is 7.50. The lowest BCUT2D eigenvalue weighted by Gasteiger charge is -2.11. The van der Waals surface area contributed by atoms with E-state index in [9.17, 15) is 18.0 Å². The molecule has 5 nitrogen and oxygen atoms in total. The summed E-state index contributed by atoms with van der Waals surface area (Å²) < 4.78 is 39.8. The van der Waals surface area contributed by atoms with Gasteiger partial charge in [0.15, 0.2) is 11.4 Å². The third-order valence-electron chi connectivity index (χ3n) is 3.39. The van der Waals surface area contributed by atoms with Crippen molar-refractivity contribution in [2.75, 3.05) is 0 Å². The monoisotopic (exact) mass is 412 g/mol. The van der Waals surface area contributed by atoms with Gasteiger partial charge in [-0.25, -0.2) is 15.4 Å². The molecule has 1 N–H and O–H groups in total. The predicted molar refractivity (Wildman–Crippen MR) is 96.1 cm³/mol. The maximum Gasteiger partial charge on any atom is 0.435 e. The molecule has 3 aromatic rings. The number of rotatable bonds is 3. The minimum absolute atomic E-state index is 0.0258. The van der Waals surface area contributed by atoms with E-state index in [1.54, 1.807) is 12.1 Å². The summed E-state index contributed by atoms with van der Waals surface area (Å²) in [6.07, 6.45) is -3.68. The molecule has 0 unspecified atom stereocenters. The van der Waals surface area contributed by atoms with Gasteiger partial charge in [-0.1, -0.05) is 41.4 Å². The van der Waals surface area contributed by atoms with Gasteiger partial charge in [-0.2, -0.15) is 18.3 Å². The number of hydrogen-bond acceptors (Lipinski definition) is 4. The Balaban J connectivity index is 1.91. The van der Waals surface area contributed by atoms with Crippen LogP contribution in [0.2, 0.25) is 10.0 Å². The minimum Gasteiger partial charge on any atom is -0.265 e. The fraction of sp³-hybridized carbons (Fsp3) is 0.0588. The van der Waals surface area contributed by atoms with E-state index in [0.29, 0.717) is 10.6 Å². The van der Waals surface area contributed by atoms with E-state index in [1.807, 2.05) is 5.43 Å². The normalized spacial score (nSPS) is 11.9. The van der Waals surface area contributed by atoms with Crippen molar-refractivity contribution < 1.29 is 18.0 Å². The summed E-state index contributed by atoms with van der Waals surface area (Å²) >= 11 is 11.7. The van der Waals surface area contributed by atoms with E-state index in [4.69, 9.17) is 23.2 Å². The number of amides is 1. The van der Waals surface area contributed by atoms with Gasteiger partial charge in [0.1, 0.15) is 0 Å². The zero-order valence-corrected chi connectivity index (χ0v) is 14.8. The zero-order valence-electron chi connectivity index (χ0n) is 13.3. The topological polar surface area (TPSA) is 67.2 Å². The Hall–Kier alpha value is -2.71. The molecular formula is C17H9Cl2F3N4O. The number of nitrogens with zero attached hydrogens (tertiary/aromatic N) is 3. The summed E-state index contributed by atoms with van der Waals surface area (Å²) in [7, 11) is 0. The second-order valence-corrected chi connectivity index (χ2v) is 6.12. The average Bonchev–Trinajstić information content (AvgIpc) is 2.61. The molecule has 0 spiro atoms. The van der Waals surface area contributed by atoms with Gasteiger partial charge in [0.25, 0.3) is 5.91 Å². The molecule has 2 aromatic carbocycles. The number of alkyl halides is 3. The SMILES string of the molecule is O=C(N/N=C\c1ccc(Cl)cc1Cl)c1nc2ccccc2nc1C(F)(F)F. The van der Waals surface area contributed by atoms with Crippen LogP contribution < -0.4 is 5.43 Å². The van der Waals surface area contributed by atoms with Crippen LogP contribution in [0.4, 0.5) is 13.2 Å². The Morgan fingerprint density at radius 2 is 1.74 bits per heavy atom. The van der Waals surface area contributed by atoms with Crippen molar-refractivity contribution in [3.63, 3.8) is 0 Å². The van der Waals surface area contributed by atoms with Crippen molar-refractivity contribution >= 4 is 46.4 Å². The lowest BCUT2D eigenvalue weighted by molar-refractivity contribution is -0.141. The highest BCUT2D eigenvalue weighted by Crippen LogP contribution is 2.31. The molecule has 27 heavy (non-hydrogen) atoms. The summed E-state index contributed by atoms with van der Waals surface area (Å²) in [5, 5.41) is 4.30. The van der Waals surface area contributed by atoms with Gasteiger partial charge >= 0.3 is 6.18 Å². The maximum atomic E-state index is 13.3. The summed E-state index contributed by atoms with van der Waals surface area (Å²) in [6, 6.07) is 10.5. The first kappa shape index (κ1) is 19.1. The Morgan fingerprint density at radius 3 is 2.37 bits per heavy atom. The number of nitrogens with one attached hydrogen (secondary N) is 1. The van der Waals surface area contributed by atoms with Crippen LogP contribution in [0.5, 0.6) is 0 Å². The van der Waals surface area contributed by atoms with Crippen molar-refractivity contribution in [3.05, 3.63) is 69.5 Å². The van der Waals surface area contributed by atoms with Crippen molar-refractivity contribution in [1.82, 2.24) is 15.4 Å². The average molecular weight is 413 g/mol. The Morgan fingerprint density at radius 1 is 1.07 bits per heavy atom. The van der Waals surface area contributed by atoms with Gasteiger partial charge in [-0.3, -0.25) is 4.79 Å². The third-order valence-corrected chi connectivity index (χ3v) is 3.95. The summed E-state index contributed by atoms with van der Waals surface area (Å²) in [5.74, 6) is -1.15. The van der Waals surface area contributed by atoms with Gasteiger partial charge in [0.2, 0.25) is 0 Å². The van der Waals surface area contributed by atoms with Crippen LogP contribution in [0.1, 0.15) is 21.7 Å². The molecule has 0 radical (unpaired) electrons. The molecule has 0 saturated carbocycles. The van der Waals surface area contributed by atoms with Crippen LogP contribution in [0.3, 0.4) is 0 Å². The number of hydrazone groups is 1. The van der Waals surface area contributed by atoms with E-state index < -0.39 is 23.5 Å². The summed E-state index contributed by atoms with van der Waals surface area (Å²) in [5.41, 5.74) is 0.335. The molecule has 10 heteroatoms. The van der Waals surface area contributed by atoms with E-state index in [1.165, 1.54) is 36.5 Å². The number of aromatic nitrogens is 2. The Bertz CT molecular complexity index is 1050. The van der Waals surface area contributed by atoms with E-state index >= 15 is 0 Å². The van der Waals surface area contributed by atoms with Gasteiger partial charge in [-0.05, 0) is 24.3 Å². The van der Waals surface area contributed by atoms with Gasteiger partial charge in [0.05, 0.1) is 22.3 Å². The maximum absolute atomic E-state index is 13.3. The first-order valence-corrected chi connectivity index (χ1v) is 8.14. The van der Waals surface area contributed by atoms with E-state index in [2.05, 4.69) is 15.1 Å². The fourth-order valence-corrected chi connectivity index (χ4v) is 2.63. The molecular weight excluding hydrogens is 404 g/mol. The molecule has 0 bridgehead atoms. The standard InChI is InChI=1S/C17H9Cl2F3N4O/c18-10-6-5-9(11(19)7-10)8-23-26-16(27)14-15(17(20,21)22)25-13-4-2-1-3-12(13)24-14/h1-8H,(H,26,27)/b23-8-. The number of carbonyl (C=O) groups excluding carboxylic acids is 1. The molecule has 1 aromatic heterocycles. The van der Waals surface area contributed by atoms with E-state index in [-0.39, 0.29) is 16.1 Å². The molecule has 0 fully saturated rings. The molecule has 0 aliphatic rings. The lowest BCUT2D eigenvalue weighted by atomic mass is 10.2. The molecule has 0 atom stereocenters. The number of benzene rings is 2. The minimum atomic E-state index is -4.85. The van der Waals surface area contributed by atoms with Gasteiger partial charge in [-0.15, -0.1) is 0 Å². The third kappa shape index (κ3) is 4.35. The van der Waals surface area contributed by atoms with E-state index in [0.717, 1.165) is 0 Å². The van der Waals surface area contributed by atoms with Crippen LogP contribution >= 0.6 is 23.2 Å². The molecule has 1 amide bonds. The summed E-state index contributed by atoms with van der Waals surface area (Å²) in [4.78, 5) is 19.5. The highest BCUT2D eigenvalue weighted by molar-refractivity contribution is 6.36. The molecule has 0 aliphatic carbocycles. The van der Waals surface area contributed by atoms with Crippen molar-refractivity contribution in [1.29, 1.82) is 0 Å². The molecule has 0 saturated heterocycles. The van der Waals surface area contributed by atoms with Crippen LogP contribution in [0.15, 0.2) is 47.6 Å². The quantitative estimate of drug-likeness (QED) is 0.499. The van der Waals surface area contributed by atoms with Crippen LogP contribution in [-0.2, 0) is 6.18 Å². The van der Waals surface area contributed by atoms with Crippen LogP contribution in [0, 0.1) is 0 Å². The lowest BCUT2D eigenvalue weighted by Crippen LogP contribution is -2.25. The highest BCUT2D eigenvalue weighted by atomic mass is 35.5. The zero-order chi connectivity index (χ0) is 19.6. The Kier molecular flexibility index (Phi) is 5.29. The predicted octanol–water partition coefficient (Wildman–Crippen LogP) is 4.72. The molecule has 138 valence electrons. The largest absolute Gasteiger partial charge is 0.435 e. The molecule has 0 aliphatic heterocycles. The molecule has 1 heterocycles. The second-order valence-electron chi connectivity index (χ2n) is 5.27.